The Labute approximate surface area is 98.6 Å². The molecule has 0 saturated carbocycles. The molecule has 0 aliphatic heterocycles. The molecule has 0 unspecified atom stereocenters. The van der Waals surface area contributed by atoms with Crippen molar-refractivity contribution in [1.82, 2.24) is 4.57 Å². The predicted molar refractivity (Wildman–Crippen MR) is 65.6 cm³/mol. The molecule has 0 saturated heterocycles. The lowest BCUT2D eigenvalue weighted by Crippen LogP contribution is -2.05. The molecular weight excluding hydrogens is 231 g/mol. The first-order valence-corrected chi connectivity index (χ1v) is 5.63. The zero-order valence-electron chi connectivity index (χ0n) is 8.21. The molecule has 0 aliphatic carbocycles. The van der Waals surface area contributed by atoms with Gasteiger partial charge in [0.05, 0.1) is 5.52 Å². The van der Waals surface area contributed by atoms with Crippen LogP contribution in [-0.2, 0) is 6.54 Å². The summed E-state index contributed by atoms with van der Waals surface area (Å²) in [6, 6.07) is 7.72. The van der Waals surface area contributed by atoms with E-state index in [2.05, 4.69) is 0 Å². The average molecular weight is 243 g/mol. The third-order valence-electron chi connectivity index (χ3n) is 2.43. The third-order valence-corrected chi connectivity index (χ3v) is 3.07. The second-order valence-corrected chi connectivity index (χ2v) is 4.23. The Balaban J connectivity index is 2.53. The van der Waals surface area contributed by atoms with Crippen molar-refractivity contribution in [2.75, 3.05) is 6.54 Å². The molecule has 80 valence electrons. The number of hydrogen-bond acceptors (Lipinski definition) is 1. The molecule has 15 heavy (non-hydrogen) atoms. The van der Waals surface area contributed by atoms with Crippen molar-refractivity contribution in [3.05, 3.63) is 34.4 Å². The molecule has 0 fully saturated rings. The summed E-state index contributed by atoms with van der Waals surface area (Å²) in [5, 5.41) is 2.45. The molecule has 1 aromatic carbocycles. The van der Waals surface area contributed by atoms with Crippen molar-refractivity contribution >= 4 is 34.1 Å². The maximum Gasteiger partial charge on any atom is 0.110 e. The van der Waals surface area contributed by atoms with E-state index in [0.29, 0.717) is 11.7 Å². The van der Waals surface area contributed by atoms with Gasteiger partial charge in [-0.2, -0.15) is 0 Å². The maximum atomic E-state index is 6.14. The third kappa shape index (κ3) is 1.98. The van der Waals surface area contributed by atoms with Gasteiger partial charge in [0.2, 0.25) is 0 Å². The minimum absolute atomic E-state index is 0.663. The van der Waals surface area contributed by atoms with E-state index in [4.69, 9.17) is 28.9 Å². The second kappa shape index (κ2) is 4.44. The zero-order valence-corrected chi connectivity index (χ0v) is 9.72. The van der Waals surface area contributed by atoms with Gasteiger partial charge in [-0.3, -0.25) is 0 Å². The fourth-order valence-electron chi connectivity index (χ4n) is 1.69. The van der Waals surface area contributed by atoms with Gasteiger partial charge in [0.15, 0.2) is 0 Å². The highest BCUT2D eigenvalue weighted by Crippen LogP contribution is 2.29. The van der Waals surface area contributed by atoms with Crippen LogP contribution in [0, 0.1) is 0 Å². The van der Waals surface area contributed by atoms with E-state index in [0.717, 1.165) is 28.9 Å². The summed E-state index contributed by atoms with van der Waals surface area (Å²) >= 11 is 12.2. The van der Waals surface area contributed by atoms with Crippen LogP contribution in [0.1, 0.15) is 6.42 Å². The Bertz CT molecular complexity index is 477. The molecule has 0 atom stereocenters. The van der Waals surface area contributed by atoms with Gasteiger partial charge in [-0.1, -0.05) is 29.3 Å². The Kier molecular flexibility index (Phi) is 3.19. The number of hydrogen-bond donors (Lipinski definition) is 1. The molecule has 1 aromatic heterocycles. The van der Waals surface area contributed by atoms with E-state index in [1.807, 2.05) is 28.8 Å². The van der Waals surface area contributed by atoms with Crippen molar-refractivity contribution in [3.8, 4) is 0 Å². The first-order valence-electron chi connectivity index (χ1n) is 4.87. The number of rotatable bonds is 3. The quantitative estimate of drug-likeness (QED) is 0.880. The van der Waals surface area contributed by atoms with Crippen LogP contribution in [-0.4, -0.2) is 11.1 Å². The van der Waals surface area contributed by atoms with E-state index in [9.17, 15) is 0 Å². The molecule has 2 rings (SSSR count). The first-order chi connectivity index (χ1) is 7.24. The number of benzene rings is 1. The van der Waals surface area contributed by atoms with Gasteiger partial charge in [-0.05, 0) is 31.2 Å². The Morgan fingerprint density at radius 3 is 2.80 bits per heavy atom. The van der Waals surface area contributed by atoms with Crippen LogP contribution in [0.15, 0.2) is 24.3 Å². The van der Waals surface area contributed by atoms with Crippen LogP contribution in [0.3, 0.4) is 0 Å². The van der Waals surface area contributed by atoms with Gasteiger partial charge in [-0.15, -0.1) is 0 Å². The monoisotopic (exact) mass is 242 g/mol. The summed E-state index contributed by atoms with van der Waals surface area (Å²) in [4.78, 5) is 0. The normalized spacial score (nSPS) is 11.1. The molecule has 0 radical (unpaired) electrons. The van der Waals surface area contributed by atoms with Gasteiger partial charge in [-0.25, -0.2) is 0 Å². The van der Waals surface area contributed by atoms with E-state index >= 15 is 0 Å². The molecule has 0 bridgehead atoms. The zero-order chi connectivity index (χ0) is 10.8. The lowest BCUT2D eigenvalue weighted by atomic mass is 10.2. The fourth-order valence-corrected chi connectivity index (χ4v) is 2.20. The first kappa shape index (κ1) is 10.8. The second-order valence-electron chi connectivity index (χ2n) is 3.43. The molecule has 0 spiro atoms. The summed E-state index contributed by atoms with van der Waals surface area (Å²) in [7, 11) is 0. The number of nitrogens with zero attached hydrogens (tertiary/aromatic N) is 1. The molecule has 2 N–H and O–H groups in total. The highest BCUT2D eigenvalue weighted by molar-refractivity contribution is 6.37. The topological polar surface area (TPSA) is 30.9 Å². The van der Waals surface area contributed by atoms with Crippen LogP contribution in [0.4, 0.5) is 0 Å². The molecule has 2 nitrogen and oxygen atoms in total. The van der Waals surface area contributed by atoms with Gasteiger partial charge in [0, 0.05) is 17.0 Å². The number of aromatic nitrogens is 1. The summed E-state index contributed by atoms with van der Waals surface area (Å²) < 4.78 is 2.04. The van der Waals surface area contributed by atoms with Gasteiger partial charge < -0.3 is 10.3 Å². The number of nitrogens with two attached hydrogens (primary N) is 1. The van der Waals surface area contributed by atoms with Crippen molar-refractivity contribution in [1.29, 1.82) is 0 Å². The molecular formula is C11H12Cl2N2. The smallest absolute Gasteiger partial charge is 0.110 e. The molecule has 0 amide bonds. The summed E-state index contributed by atoms with van der Waals surface area (Å²) in [5.41, 5.74) is 6.56. The van der Waals surface area contributed by atoms with Gasteiger partial charge >= 0.3 is 0 Å². The Hall–Kier alpha value is -0.700. The van der Waals surface area contributed by atoms with E-state index in [-0.39, 0.29) is 0 Å². The summed E-state index contributed by atoms with van der Waals surface area (Å²) in [6.07, 6.45) is 0.913. The van der Waals surface area contributed by atoms with Crippen molar-refractivity contribution in [3.63, 3.8) is 0 Å². The lowest BCUT2D eigenvalue weighted by Gasteiger charge is -2.05. The fraction of sp³-hybridized carbons (Fsp3) is 0.273. The highest BCUT2D eigenvalue weighted by Gasteiger charge is 2.08. The van der Waals surface area contributed by atoms with Crippen LogP contribution in [0.2, 0.25) is 10.2 Å². The number of aryl methyl sites for hydroxylation is 1. The van der Waals surface area contributed by atoms with E-state index in [1.54, 1.807) is 0 Å². The SMILES string of the molecule is NCCCn1c(Cl)cc2c(Cl)cccc21. The molecule has 1 heterocycles. The van der Waals surface area contributed by atoms with Crippen LogP contribution in [0.5, 0.6) is 0 Å². The van der Waals surface area contributed by atoms with Gasteiger partial charge in [0.1, 0.15) is 5.15 Å². The van der Waals surface area contributed by atoms with Crippen LogP contribution in [0.25, 0.3) is 10.9 Å². The van der Waals surface area contributed by atoms with Crippen molar-refractivity contribution in [2.24, 2.45) is 5.73 Å². The minimum Gasteiger partial charge on any atom is -0.332 e. The van der Waals surface area contributed by atoms with E-state index < -0.39 is 0 Å². The van der Waals surface area contributed by atoms with Crippen LogP contribution >= 0.6 is 23.2 Å². The molecule has 4 heteroatoms. The van der Waals surface area contributed by atoms with Gasteiger partial charge in [0.25, 0.3) is 0 Å². The lowest BCUT2D eigenvalue weighted by molar-refractivity contribution is 0.671. The minimum atomic E-state index is 0.663. The van der Waals surface area contributed by atoms with E-state index in [1.165, 1.54) is 0 Å². The summed E-state index contributed by atoms with van der Waals surface area (Å²) in [5.74, 6) is 0. The standard InChI is InChI=1S/C11H12Cl2N2/c12-9-3-1-4-10-8(9)7-11(13)15(10)6-2-5-14/h1,3-4,7H,2,5-6,14H2. The highest BCUT2D eigenvalue weighted by atomic mass is 35.5. The van der Waals surface area contributed by atoms with Crippen molar-refractivity contribution < 1.29 is 0 Å². The largest absolute Gasteiger partial charge is 0.332 e. The molecule has 0 aliphatic rings. The predicted octanol–water partition coefficient (Wildman–Crippen LogP) is 3.30. The van der Waals surface area contributed by atoms with Crippen LogP contribution < -0.4 is 5.73 Å². The number of fused-ring (bicyclic) bond motifs is 1. The average Bonchev–Trinajstić information content (AvgIpc) is 2.54. The Morgan fingerprint density at radius 2 is 2.07 bits per heavy atom. The maximum absolute atomic E-state index is 6.14. The Morgan fingerprint density at radius 1 is 1.27 bits per heavy atom. The number of halogens is 2. The van der Waals surface area contributed by atoms with Crippen molar-refractivity contribution in [2.45, 2.75) is 13.0 Å². The molecule has 2 aromatic rings. The summed E-state index contributed by atoms with van der Waals surface area (Å²) in [6.45, 7) is 1.50.